The summed E-state index contributed by atoms with van der Waals surface area (Å²) < 4.78 is 26.7. The lowest BCUT2D eigenvalue weighted by Gasteiger charge is -2.07. The van der Waals surface area contributed by atoms with Gasteiger partial charge in [0.25, 0.3) is 5.69 Å². The van der Waals surface area contributed by atoms with Gasteiger partial charge in [-0.1, -0.05) is 29.8 Å². The molecule has 0 heterocycles. The molecule has 0 atom stereocenters. The average molecular weight is 387 g/mol. The maximum Gasteiger partial charge on any atom is 0.270 e. The zero-order valence-corrected chi connectivity index (χ0v) is 14.9. The second-order valence-electron chi connectivity index (χ2n) is 4.83. The van der Waals surface area contributed by atoms with Crippen LogP contribution in [0.5, 0.6) is 0 Å². The van der Waals surface area contributed by atoms with E-state index in [4.69, 9.17) is 11.6 Å². The van der Waals surface area contributed by atoms with E-state index in [2.05, 4.69) is 4.72 Å². The highest BCUT2D eigenvalue weighted by Gasteiger charge is 2.16. The Morgan fingerprint density at radius 1 is 1.17 bits per heavy atom. The molecule has 9 heteroatoms. The van der Waals surface area contributed by atoms with Gasteiger partial charge in [0, 0.05) is 35.2 Å². The number of benzene rings is 2. The first-order valence-electron chi connectivity index (χ1n) is 6.95. The molecule has 2 rings (SSSR count). The minimum Gasteiger partial charge on any atom is -0.258 e. The summed E-state index contributed by atoms with van der Waals surface area (Å²) in [6.45, 7) is 0.239. The molecular formula is C15H15ClN2O4S2. The number of rotatable bonds is 8. The summed E-state index contributed by atoms with van der Waals surface area (Å²) in [5, 5.41) is 11.4. The van der Waals surface area contributed by atoms with Crippen molar-refractivity contribution in [2.45, 2.75) is 10.6 Å². The molecule has 0 aliphatic heterocycles. The fourth-order valence-electron chi connectivity index (χ4n) is 1.87. The molecular weight excluding hydrogens is 372 g/mol. The number of halogens is 1. The second-order valence-corrected chi connectivity index (χ2v) is 8.14. The molecule has 0 radical (unpaired) electrons. The minimum atomic E-state index is -3.75. The number of nitro benzene ring substituents is 1. The first-order chi connectivity index (χ1) is 11.4. The van der Waals surface area contributed by atoms with Crippen molar-refractivity contribution in [1.82, 2.24) is 4.72 Å². The van der Waals surface area contributed by atoms with Gasteiger partial charge in [-0.25, -0.2) is 13.1 Å². The maximum absolute atomic E-state index is 12.1. The number of nitro groups is 1. The van der Waals surface area contributed by atoms with Crippen LogP contribution in [0.2, 0.25) is 5.02 Å². The maximum atomic E-state index is 12.1. The van der Waals surface area contributed by atoms with E-state index in [9.17, 15) is 18.5 Å². The third-order valence-corrected chi connectivity index (χ3v) is 5.80. The van der Waals surface area contributed by atoms with Crippen molar-refractivity contribution in [3.05, 3.63) is 69.2 Å². The third-order valence-electron chi connectivity index (χ3n) is 3.06. The number of nitrogens with one attached hydrogen (secondary N) is 1. The van der Waals surface area contributed by atoms with Crippen LogP contribution in [0, 0.1) is 10.1 Å². The molecule has 128 valence electrons. The van der Waals surface area contributed by atoms with Gasteiger partial charge in [0.1, 0.15) is 0 Å². The third kappa shape index (κ3) is 5.48. The number of hydrogen-bond donors (Lipinski definition) is 1. The van der Waals surface area contributed by atoms with Crippen molar-refractivity contribution >= 4 is 39.1 Å². The number of non-ortho nitro benzene ring substituents is 1. The van der Waals surface area contributed by atoms with Gasteiger partial charge in [-0.05, 0) is 23.8 Å². The molecule has 0 fully saturated rings. The van der Waals surface area contributed by atoms with E-state index < -0.39 is 14.9 Å². The second kappa shape index (κ2) is 8.48. The predicted octanol–water partition coefficient (Wildman–Crippen LogP) is 3.46. The molecule has 0 aliphatic rings. The molecule has 1 N–H and O–H groups in total. The van der Waals surface area contributed by atoms with Crippen LogP contribution < -0.4 is 4.72 Å². The van der Waals surface area contributed by atoms with Gasteiger partial charge in [-0.3, -0.25) is 10.1 Å². The normalized spacial score (nSPS) is 11.4. The Labute approximate surface area is 149 Å². The molecule has 6 nitrogen and oxygen atoms in total. The van der Waals surface area contributed by atoms with Crippen LogP contribution in [0.1, 0.15) is 5.56 Å². The summed E-state index contributed by atoms with van der Waals surface area (Å²) >= 11 is 7.39. The molecule has 0 aliphatic carbocycles. The molecule has 0 saturated carbocycles. The largest absolute Gasteiger partial charge is 0.270 e. The first-order valence-corrected chi connectivity index (χ1v) is 9.96. The Morgan fingerprint density at radius 3 is 2.54 bits per heavy atom. The molecule has 2 aromatic carbocycles. The fraction of sp³-hybridized carbons (Fsp3) is 0.200. The Kier molecular flexibility index (Phi) is 6.61. The van der Waals surface area contributed by atoms with Crippen LogP contribution in [0.15, 0.2) is 53.4 Å². The quantitative estimate of drug-likeness (QED) is 0.426. The summed E-state index contributed by atoms with van der Waals surface area (Å²) in [7, 11) is -3.75. The molecule has 24 heavy (non-hydrogen) atoms. The van der Waals surface area contributed by atoms with Crippen molar-refractivity contribution in [2.24, 2.45) is 0 Å². The van der Waals surface area contributed by atoms with E-state index in [1.165, 1.54) is 18.2 Å². The molecule has 0 bridgehead atoms. The molecule has 0 saturated heterocycles. The zero-order chi connectivity index (χ0) is 17.6. The van der Waals surface area contributed by atoms with E-state index in [1.54, 1.807) is 11.8 Å². The van der Waals surface area contributed by atoms with Crippen LogP contribution in [0.4, 0.5) is 5.69 Å². The zero-order valence-electron chi connectivity index (χ0n) is 12.5. The van der Waals surface area contributed by atoms with Crippen molar-refractivity contribution in [3.63, 3.8) is 0 Å². The van der Waals surface area contributed by atoms with E-state index in [-0.39, 0.29) is 17.1 Å². The van der Waals surface area contributed by atoms with Gasteiger partial charge in [-0.15, -0.1) is 0 Å². The molecule has 0 spiro atoms. The Bertz CT molecular complexity index is 810. The lowest BCUT2D eigenvalue weighted by molar-refractivity contribution is -0.385. The van der Waals surface area contributed by atoms with Gasteiger partial charge in [0.15, 0.2) is 0 Å². The Balaban J connectivity index is 1.83. The summed E-state index contributed by atoms with van der Waals surface area (Å²) in [5.74, 6) is 1.33. The summed E-state index contributed by atoms with van der Waals surface area (Å²) in [5.41, 5.74) is 0.848. The lowest BCUT2D eigenvalue weighted by atomic mass is 10.2. The summed E-state index contributed by atoms with van der Waals surface area (Å²) in [6.07, 6.45) is 0. The Morgan fingerprint density at radius 2 is 1.88 bits per heavy atom. The Hall–Kier alpha value is -1.61. The first kappa shape index (κ1) is 18.7. The van der Waals surface area contributed by atoms with Gasteiger partial charge < -0.3 is 0 Å². The smallest absolute Gasteiger partial charge is 0.258 e. The van der Waals surface area contributed by atoms with E-state index in [0.717, 1.165) is 17.4 Å². The highest BCUT2D eigenvalue weighted by Crippen LogP contribution is 2.18. The molecule has 2 aromatic rings. The molecule has 0 aromatic heterocycles. The number of nitrogens with zero attached hydrogens (tertiary/aromatic N) is 1. The van der Waals surface area contributed by atoms with Crippen LogP contribution in [0.3, 0.4) is 0 Å². The average Bonchev–Trinajstić information content (AvgIpc) is 2.56. The highest BCUT2D eigenvalue weighted by atomic mass is 35.5. The lowest BCUT2D eigenvalue weighted by Crippen LogP contribution is -2.26. The summed E-state index contributed by atoms with van der Waals surface area (Å²) in [4.78, 5) is 9.98. The standard InChI is InChI=1S/C15H15ClN2O4S2/c16-13-6-4-12(5-7-13)11-23-9-8-17-24(21,22)15-3-1-2-14(10-15)18(19)20/h1-7,10,17H,8-9,11H2. The predicted molar refractivity (Wildman–Crippen MR) is 95.9 cm³/mol. The number of sulfonamides is 1. The van der Waals surface area contributed by atoms with Crippen LogP contribution >= 0.6 is 23.4 Å². The number of hydrogen-bond acceptors (Lipinski definition) is 5. The van der Waals surface area contributed by atoms with Crippen LogP contribution in [-0.2, 0) is 15.8 Å². The minimum absolute atomic E-state index is 0.112. The summed E-state index contributed by atoms with van der Waals surface area (Å²) in [6, 6.07) is 12.4. The molecule has 0 unspecified atom stereocenters. The topological polar surface area (TPSA) is 89.3 Å². The van der Waals surface area contributed by atoms with E-state index in [1.807, 2.05) is 24.3 Å². The monoisotopic (exact) mass is 386 g/mol. The van der Waals surface area contributed by atoms with Crippen LogP contribution in [0.25, 0.3) is 0 Å². The van der Waals surface area contributed by atoms with Gasteiger partial charge >= 0.3 is 0 Å². The highest BCUT2D eigenvalue weighted by molar-refractivity contribution is 7.98. The van der Waals surface area contributed by atoms with E-state index in [0.29, 0.717) is 10.8 Å². The van der Waals surface area contributed by atoms with Crippen molar-refractivity contribution in [1.29, 1.82) is 0 Å². The van der Waals surface area contributed by atoms with Crippen LogP contribution in [-0.4, -0.2) is 25.6 Å². The van der Waals surface area contributed by atoms with Gasteiger partial charge in [-0.2, -0.15) is 11.8 Å². The van der Waals surface area contributed by atoms with Crippen molar-refractivity contribution in [3.8, 4) is 0 Å². The number of thioether (sulfide) groups is 1. The SMILES string of the molecule is O=[N+]([O-])c1cccc(S(=O)(=O)NCCSCc2ccc(Cl)cc2)c1. The van der Waals surface area contributed by atoms with Crippen molar-refractivity contribution < 1.29 is 13.3 Å². The van der Waals surface area contributed by atoms with E-state index >= 15 is 0 Å². The van der Waals surface area contributed by atoms with Crippen molar-refractivity contribution in [2.75, 3.05) is 12.3 Å². The molecule has 0 amide bonds. The van der Waals surface area contributed by atoms with Gasteiger partial charge in [0.2, 0.25) is 10.0 Å². The fourth-order valence-corrected chi connectivity index (χ4v) is 4.01. The van der Waals surface area contributed by atoms with Gasteiger partial charge in [0.05, 0.1) is 9.82 Å².